The Balaban J connectivity index is 3.60. The lowest BCUT2D eigenvalue weighted by atomic mass is 9.94. The van der Waals surface area contributed by atoms with Gasteiger partial charge < -0.3 is 20.3 Å². The van der Waals surface area contributed by atoms with Crippen LogP contribution in [0.3, 0.4) is 0 Å². The Bertz CT molecular complexity index is 930. The van der Waals surface area contributed by atoms with Gasteiger partial charge in [0.05, 0.1) is 0 Å². The quantitative estimate of drug-likeness (QED) is 0.297. The molecule has 3 unspecified atom stereocenters. The molecule has 0 aliphatic heterocycles. The highest BCUT2D eigenvalue weighted by atomic mass is 16.6. The van der Waals surface area contributed by atoms with E-state index in [2.05, 4.69) is 17.6 Å². The van der Waals surface area contributed by atoms with E-state index in [9.17, 15) is 14.4 Å². The summed E-state index contributed by atoms with van der Waals surface area (Å²) < 4.78 is 5.49. The number of carbonyl (C=O) groups is 3. The maximum absolute atomic E-state index is 14.3. The van der Waals surface area contributed by atoms with Gasteiger partial charge in [0.1, 0.15) is 17.7 Å². The van der Waals surface area contributed by atoms with Gasteiger partial charge in [-0.3, -0.25) is 9.59 Å². The van der Waals surface area contributed by atoms with E-state index in [1.54, 1.807) is 25.7 Å². The number of nitrogens with zero attached hydrogens (tertiary/aromatic N) is 1. The fraction of sp³-hybridized carbons (Fsp3) is 0.710. The molecule has 0 radical (unpaired) electrons. The molecule has 0 bridgehead atoms. The molecule has 3 amide bonds. The van der Waals surface area contributed by atoms with Gasteiger partial charge in [-0.1, -0.05) is 64.7 Å². The van der Waals surface area contributed by atoms with Crippen molar-refractivity contribution in [3.63, 3.8) is 0 Å². The first-order valence-corrected chi connectivity index (χ1v) is 14.2. The highest BCUT2D eigenvalue weighted by Gasteiger charge is 2.38. The molecule has 0 saturated heterocycles. The number of unbranched alkanes of at least 4 members (excludes halogenated alkanes) is 3. The molecule has 2 N–H and O–H groups in total. The van der Waals surface area contributed by atoms with E-state index >= 15 is 0 Å². The van der Waals surface area contributed by atoms with E-state index in [-0.39, 0.29) is 17.7 Å². The summed E-state index contributed by atoms with van der Waals surface area (Å²) in [4.78, 5) is 42.6. The third kappa shape index (κ3) is 11.0. The Morgan fingerprint density at radius 2 is 1.58 bits per heavy atom. The van der Waals surface area contributed by atoms with Crippen LogP contribution in [0.4, 0.5) is 4.79 Å². The average Bonchev–Trinajstić information content (AvgIpc) is 2.78. The molecule has 1 aromatic rings. The molecule has 1 aromatic carbocycles. The van der Waals surface area contributed by atoms with Crippen LogP contribution < -0.4 is 10.6 Å². The third-order valence-corrected chi connectivity index (χ3v) is 6.59. The smallest absolute Gasteiger partial charge is 0.408 e. The van der Waals surface area contributed by atoms with Crippen molar-refractivity contribution < 1.29 is 19.1 Å². The van der Waals surface area contributed by atoms with Gasteiger partial charge in [-0.25, -0.2) is 4.79 Å². The van der Waals surface area contributed by atoms with Crippen molar-refractivity contribution in [3.05, 3.63) is 34.9 Å². The lowest BCUT2D eigenvalue weighted by Crippen LogP contribution is -2.56. The Morgan fingerprint density at radius 1 is 0.947 bits per heavy atom. The molecule has 216 valence electrons. The van der Waals surface area contributed by atoms with Crippen LogP contribution in [0.25, 0.3) is 0 Å². The zero-order valence-electron chi connectivity index (χ0n) is 25.8. The van der Waals surface area contributed by atoms with Crippen LogP contribution in [0.2, 0.25) is 0 Å². The number of amides is 3. The summed E-state index contributed by atoms with van der Waals surface area (Å²) in [7, 11) is 0. The van der Waals surface area contributed by atoms with Crippen LogP contribution in [0.5, 0.6) is 0 Å². The number of nitrogens with one attached hydrogen (secondary N) is 2. The minimum Gasteiger partial charge on any atom is -0.444 e. The van der Waals surface area contributed by atoms with Gasteiger partial charge in [0.2, 0.25) is 11.8 Å². The number of rotatable bonds is 12. The summed E-state index contributed by atoms with van der Waals surface area (Å²) in [6.45, 7) is 21.7. The second kappa shape index (κ2) is 14.5. The monoisotopic (exact) mass is 531 g/mol. The Labute approximate surface area is 231 Å². The van der Waals surface area contributed by atoms with Gasteiger partial charge in [0.15, 0.2) is 0 Å². The number of hydrogen-bond acceptors (Lipinski definition) is 4. The minimum absolute atomic E-state index is 0.153. The van der Waals surface area contributed by atoms with Gasteiger partial charge in [0.25, 0.3) is 0 Å². The van der Waals surface area contributed by atoms with Crippen LogP contribution in [-0.4, -0.2) is 46.5 Å². The molecule has 7 nitrogen and oxygen atoms in total. The second-order valence-electron chi connectivity index (χ2n) is 12.6. The third-order valence-electron chi connectivity index (χ3n) is 6.59. The summed E-state index contributed by atoms with van der Waals surface area (Å²) >= 11 is 0. The molecule has 3 atom stereocenters. The minimum atomic E-state index is -0.824. The molecule has 0 saturated carbocycles. The summed E-state index contributed by atoms with van der Waals surface area (Å²) in [5.41, 5.74) is 1.77. The largest absolute Gasteiger partial charge is 0.444 e. The van der Waals surface area contributed by atoms with E-state index in [1.807, 2.05) is 66.7 Å². The van der Waals surface area contributed by atoms with Crippen LogP contribution in [0.15, 0.2) is 18.2 Å². The highest BCUT2D eigenvalue weighted by Crippen LogP contribution is 2.27. The van der Waals surface area contributed by atoms with Gasteiger partial charge in [0, 0.05) is 12.1 Å². The van der Waals surface area contributed by atoms with E-state index in [1.165, 1.54) is 0 Å². The number of hydrogen-bond donors (Lipinski definition) is 2. The summed E-state index contributed by atoms with van der Waals surface area (Å²) in [6, 6.07) is 4.27. The first-order valence-electron chi connectivity index (χ1n) is 14.2. The average molecular weight is 532 g/mol. The first kappa shape index (κ1) is 33.5. The lowest BCUT2D eigenvalue weighted by Gasteiger charge is -2.37. The highest BCUT2D eigenvalue weighted by molar-refractivity contribution is 5.92. The Kier molecular flexibility index (Phi) is 12.8. The summed E-state index contributed by atoms with van der Waals surface area (Å²) in [6.07, 6.45) is 3.88. The van der Waals surface area contributed by atoms with Crippen LogP contribution >= 0.6 is 0 Å². The predicted octanol–water partition coefficient (Wildman–Crippen LogP) is 6.61. The number of carbonyl (C=O) groups excluding carboxylic acids is 3. The second-order valence-corrected chi connectivity index (χ2v) is 12.6. The van der Waals surface area contributed by atoms with Crippen molar-refractivity contribution in [2.45, 2.75) is 131 Å². The van der Waals surface area contributed by atoms with E-state index in [0.717, 1.165) is 42.4 Å². The number of alkyl carbamates (subject to hydrolysis) is 1. The van der Waals surface area contributed by atoms with Gasteiger partial charge in [-0.2, -0.15) is 0 Å². The Morgan fingerprint density at radius 3 is 2.08 bits per heavy atom. The van der Waals surface area contributed by atoms with Gasteiger partial charge >= 0.3 is 6.09 Å². The van der Waals surface area contributed by atoms with Crippen LogP contribution in [0.1, 0.15) is 117 Å². The van der Waals surface area contributed by atoms with E-state index in [0.29, 0.717) is 13.0 Å². The number of aryl methyl sites for hydroxylation is 2. The van der Waals surface area contributed by atoms with Crippen LogP contribution in [-0.2, 0) is 14.3 Å². The van der Waals surface area contributed by atoms with Gasteiger partial charge in [-0.15, -0.1) is 0 Å². The molecule has 1 rings (SSSR count). The lowest BCUT2D eigenvalue weighted by molar-refractivity contribution is -0.144. The number of benzene rings is 1. The fourth-order valence-corrected chi connectivity index (χ4v) is 4.22. The van der Waals surface area contributed by atoms with Crippen molar-refractivity contribution in [3.8, 4) is 0 Å². The molecule has 0 fully saturated rings. The van der Waals surface area contributed by atoms with Crippen molar-refractivity contribution >= 4 is 17.9 Å². The molecule has 0 spiro atoms. The molecular weight excluding hydrogens is 478 g/mol. The maximum atomic E-state index is 14.3. The SMILES string of the molecule is CCCCCCN(C(=O)C(NC(=O)OC(C)(C)C)C(C)CC)C(C(=O)NC(C)(C)C)c1ccc(C)c(C)c1. The molecule has 38 heavy (non-hydrogen) atoms. The van der Waals surface area contributed by atoms with Gasteiger partial charge in [-0.05, 0) is 84.4 Å². The molecule has 7 heteroatoms. The first-order chi connectivity index (χ1) is 17.5. The van der Waals surface area contributed by atoms with Crippen molar-refractivity contribution in [2.24, 2.45) is 5.92 Å². The van der Waals surface area contributed by atoms with Crippen molar-refractivity contribution in [2.75, 3.05) is 6.54 Å². The maximum Gasteiger partial charge on any atom is 0.408 e. The summed E-state index contributed by atoms with van der Waals surface area (Å²) in [5, 5.41) is 5.93. The Hall–Kier alpha value is -2.57. The summed E-state index contributed by atoms with van der Waals surface area (Å²) in [5.74, 6) is -0.655. The zero-order valence-corrected chi connectivity index (χ0v) is 25.8. The fourth-order valence-electron chi connectivity index (χ4n) is 4.22. The van der Waals surface area contributed by atoms with Crippen molar-refractivity contribution in [1.82, 2.24) is 15.5 Å². The molecule has 0 aliphatic rings. The normalized spacial score (nSPS) is 14.3. The van der Waals surface area contributed by atoms with Crippen LogP contribution in [0, 0.1) is 19.8 Å². The molecular formula is C31H53N3O4. The zero-order chi connectivity index (χ0) is 29.3. The standard InChI is InChI=1S/C31H53N3O4/c1-12-14-15-16-19-34(28(36)25(21(3)13-2)32-29(37)38-31(9,10)11)26(27(35)33-30(6,7)8)24-18-17-22(4)23(5)20-24/h17-18,20-21,25-26H,12-16,19H2,1-11H3,(H,32,37)(H,33,35). The molecule has 0 aromatic heterocycles. The van der Waals surface area contributed by atoms with E-state index in [4.69, 9.17) is 4.74 Å². The predicted molar refractivity (Wildman–Crippen MR) is 155 cm³/mol. The van der Waals surface area contributed by atoms with E-state index < -0.39 is 29.3 Å². The number of ether oxygens (including phenoxy) is 1. The topological polar surface area (TPSA) is 87.7 Å². The molecule has 0 heterocycles. The van der Waals surface area contributed by atoms with Crippen molar-refractivity contribution in [1.29, 1.82) is 0 Å². The molecule has 0 aliphatic carbocycles.